The van der Waals surface area contributed by atoms with Gasteiger partial charge in [-0.3, -0.25) is 10.1 Å². The van der Waals surface area contributed by atoms with E-state index in [9.17, 15) is 10.1 Å². The predicted molar refractivity (Wildman–Crippen MR) is 91.1 cm³/mol. The fourth-order valence-corrected chi connectivity index (χ4v) is 3.11. The topological polar surface area (TPSA) is 58.7 Å². The molecule has 0 N–H and O–H groups in total. The number of nitro benzene ring substituents is 1. The molecule has 1 heterocycles. The van der Waals surface area contributed by atoms with Crippen molar-refractivity contribution in [3.05, 3.63) is 69.8 Å². The first-order chi connectivity index (χ1) is 11.1. The maximum atomic E-state index is 10.7. The maximum Gasteiger partial charge on any atom is 0.269 e. The molecule has 0 aromatic heterocycles. The third-order valence-electron chi connectivity index (χ3n) is 4.34. The number of amidine groups is 1. The maximum absolute atomic E-state index is 10.7. The molecule has 23 heavy (non-hydrogen) atoms. The summed E-state index contributed by atoms with van der Waals surface area (Å²) in [6.45, 7) is 2.17. The van der Waals surface area contributed by atoms with Crippen molar-refractivity contribution in [2.24, 2.45) is 4.99 Å². The van der Waals surface area contributed by atoms with E-state index in [1.807, 2.05) is 0 Å². The lowest BCUT2D eigenvalue weighted by Crippen LogP contribution is -2.37. The van der Waals surface area contributed by atoms with Crippen molar-refractivity contribution >= 4 is 17.2 Å². The standard InChI is InChI=1S/C18H19N3O2/c1-3-17-16-7-5-4-6-13(16)12-18(20(17)2)19-14-8-10-15(11-9-14)21(22)23/h4-11,17H,3,12H2,1-2H3. The van der Waals surface area contributed by atoms with E-state index in [2.05, 4.69) is 43.1 Å². The second kappa shape index (κ2) is 6.20. The number of non-ortho nitro benzene ring substituents is 1. The summed E-state index contributed by atoms with van der Waals surface area (Å²) in [7, 11) is 2.06. The number of benzene rings is 2. The van der Waals surface area contributed by atoms with Gasteiger partial charge in [0.2, 0.25) is 0 Å². The zero-order chi connectivity index (χ0) is 16.4. The Balaban J connectivity index is 1.95. The van der Waals surface area contributed by atoms with Crippen LogP contribution in [0.3, 0.4) is 0 Å². The van der Waals surface area contributed by atoms with Crippen LogP contribution in [0, 0.1) is 10.1 Å². The van der Waals surface area contributed by atoms with Crippen LogP contribution < -0.4 is 0 Å². The monoisotopic (exact) mass is 309 g/mol. The summed E-state index contributed by atoms with van der Waals surface area (Å²) in [5, 5.41) is 10.7. The molecule has 3 rings (SSSR count). The number of rotatable bonds is 3. The van der Waals surface area contributed by atoms with E-state index < -0.39 is 4.92 Å². The number of nitrogens with zero attached hydrogens (tertiary/aromatic N) is 3. The van der Waals surface area contributed by atoms with Crippen molar-refractivity contribution in [1.29, 1.82) is 0 Å². The first kappa shape index (κ1) is 15.2. The largest absolute Gasteiger partial charge is 0.356 e. The van der Waals surface area contributed by atoms with Crippen molar-refractivity contribution in [2.75, 3.05) is 7.05 Å². The lowest BCUT2D eigenvalue weighted by atomic mass is 9.91. The molecule has 0 radical (unpaired) electrons. The Labute approximate surface area is 135 Å². The van der Waals surface area contributed by atoms with Crippen LogP contribution in [0.25, 0.3) is 0 Å². The Kier molecular flexibility index (Phi) is 4.10. The average molecular weight is 309 g/mol. The minimum absolute atomic E-state index is 0.0859. The molecule has 5 heteroatoms. The fourth-order valence-electron chi connectivity index (χ4n) is 3.11. The van der Waals surface area contributed by atoms with E-state index in [0.717, 1.165) is 24.4 Å². The second-order valence-electron chi connectivity index (χ2n) is 5.71. The van der Waals surface area contributed by atoms with Gasteiger partial charge in [-0.1, -0.05) is 31.2 Å². The van der Waals surface area contributed by atoms with Gasteiger partial charge in [-0.15, -0.1) is 0 Å². The Hall–Kier alpha value is -2.69. The highest BCUT2D eigenvalue weighted by Gasteiger charge is 2.26. The van der Waals surface area contributed by atoms with Gasteiger partial charge in [0.1, 0.15) is 5.84 Å². The summed E-state index contributed by atoms with van der Waals surface area (Å²) in [5.74, 6) is 0.990. The summed E-state index contributed by atoms with van der Waals surface area (Å²) in [6, 6.07) is 15.2. The van der Waals surface area contributed by atoms with Gasteiger partial charge in [0.15, 0.2) is 0 Å². The van der Waals surface area contributed by atoms with E-state index in [4.69, 9.17) is 4.99 Å². The van der Waals surface area contributed by atoms with Crippen molar-refractivity contribution in [3.8, 4) is 0 Å². The molecule has 2 aromatic carbocycles. The Morgan fingerprint density at radius 1 is 1.22 bits per heavy atom. The highest BCUT2D eigenvalue weighted by atomic mass is 16.6. The van der Waals surface area contributed by atoms with Gasteiger partial charge in [0.25, 0.3) is 5.69 Å². The van der Waals surface area contributed by atoms with Gasteiger partial charge >= 0.3 is 0 Å². The van der Waals surface area contributed by atoms with Crippen LogP contribution >= 0.6 is 0 Å². The molecular formula is C18H19N3O2. The summed E-state index contributed by atoms with van der Waals surface area (Å²) in [6.07, 6.45) is 1.78. The predicted octanol–water partition coefficient (Wildman–Crippen LogP) is 4.26. The van der Waals surface area contributed by atoms with Crippen LogP contribution in [-0.4, -0.2) is 22.7 Å². The second-order valence-corrected chi connectivity index (χ2v) is 5.71. The van der Waals surface area contributed by atoms with Crippen LogP contribution in [0.4, 0.5) is 11.4 Å². The van der Waals surface area contributed by atoms with E-state index in [1.54, 1.807) is 12.1 Å². The first-order valence-corrected chi connectivity index (χ1v) is 7.72. The smallest absolute Gasteiger partial charge is 0.269 e. The molecule has 0 saturated carbocycles. The normalized spacial score (nSPS) is 18.8. The number of aliphatic imine (C=N–C) groups is 1. The number of hydrogen-bond donors (Lipinski definition) is 0. The first-order valence-electron chi connectivity index (χ1n) is 7.72. The van der Waals surface area contributed by atoms with Crippen molar-refractivity contribution < 1.29 is 4.92 Å². The molecular weight excluding hydrogens is 290 g/mol. The third-order valence-corrected chi connectivity index (χ3v) is 4.34. The van der Waals surface area contributed by atoms with Gasteiger partial charge in [0.05, 0.1) is 16.7 Å². The van der Waals surface area contributed by atoms with Gasteiger partial charge < -0.3 is 4.90 Å². The zero-order valence-electron chi connectivity index (χ0n) is 13.3. The summed E-state index contributed by atoms with van der Waals surface area (Å²) in [5.41, 5.74) is 3.49. The number of fused-ring (bicyclic) bond motifs is 1. The Bertz CT molecular complexity index is 753. The Morgan fingerprint density at radius 3 is 2.57 bits per heavy atom. The van der Waals surface area contributed by atoms with E-state index in [0.29, 0.717) is 6.04 Å². The van der Waals surface area contributed by atoms with E-state index >= 15 is 0 Å². The molecule has 1 aliphatic rings. The van der Waals surface area contributed by atoms with Crippen molar-refractivity contribution in [3.63, 3.8) is 0 Å². The number of likely N-dealkylation sites (N-methyl/N-ethyl adjacent to an activating group) is 1. The van der Waals surface area contributed by atoms with Crippen LogP contribution in [-0.2, 0) is 6.42 Å². The van der Waals surface area contributed by atoms with Gasteiger partial charge in [0, 0.05) is 25.6 Å². The lowest BCUT2D eigenvalue weighted by Gasteiger charge is -2.36. The van der Waals surface area contributed by atoms with Crippen LogP contribution in [0.2, 0.25) is 0 Å². The van der Waals surface area contributed by atoms with Crippen LogP contribution in [0.15, 0.2) is 53.5 Å². The molecule has 0 fully saturated rings. The molecule has 1 aliphatic heterocycles. The highest BCUT2D eigenvalue weighted by Crippen LogP contribution is 2.33. The van der Waals surface area contributed by atoms with Crippen molar-refractivity contribution in [2.45, 2.75) is 25.8 Å². The number of nitro groups is 1. The fraction of sp³-hybridized carbons (Fsp3) is 0.278. The Morgan fingerprint density at radius 2 is 1.91 bits per heavy atom. The minimum atomic E-state index is -0.396. The minimum Gasteiger partial charge on any atom is -0.356 e. The average Bonchev–Trinajstić information content (AvgIpc) is 2.56. The lowest BCUT2D eigenvalue weighted by molar-refractivity contribution is -0.384. The molecule has 1 atom stereocenters. The molecule has 118 valence electrons. The SMILES string of the molecule is CCC1c2ccccc2CC(=Nc2ccc([N+](=O)[O-])cc2)N1C. The molecule has 1 unspecified atom stereocenters. The van der Waals surface area contributed by atoms with Gasteiger partial charge in [-0.05, 0) is 29.7 Å². The third kappa shape index (κ3) is 2.95. The molecule has 0 bridgehead atoms. The van der Waals surface area contributed by atoms with Crippen LogP contribution in [0.5, 0.6) is 0 Å². The van der Waals surface area contributed by atoms with Crippen molar-refractivity contribution in [1.82, 2.24) is 4.90 Å². The summed E-state index contributed by atoms with van der Waals surface area (Å²) in [4.78, 5) is 17.3. The van der Waals surface area contributed by atoms with Gasteiger partial charge in [-0.25, -0.2) is 4.99 Å². The molecule has 0 spiro atoms. The molecule has 0 saturated heterocycles. The summed E-state index contributed by atoms with van der Waals surface area (Å²) >= 11 is 0. The van der Waals surface area contributed by atoms with Crippen LogP contribution in [0.1, 0.15) is 30.5 Å². The number of hydrogen-bond acceptors (Lipinski definition) is 3. The van der Waals surface area contributed by atoms with E-state index in [1.165, 1.54) is 23.3 Å². The molecule has 0 aliphatic carbocycles. The highest BCUT2D eigenvalue weighted by molar-refractivity contribution is 5.89. The van der Waals surface area contributed by atoms with E-state index in [-0.39, 0.29) is 5.69 Å². The quantitative estimate of drug-likeness (QED) is 0.628. The summed E-state index contributed by atoms with van der Waals surface area (Å²) < 4.78 is 0. The zero-order valence-corrected chi connectivity index (χ0v) is 13.3. The molecule has 2 aromatic rings. The molecule has 5 nitrogen and oxygen atoms in total. The van der Waals surface area contributed by atoms with Gasteiger partial charge in [-0.2, -0.15) is 0 Å². The molecule has 0 amide bonds.